The summed E-state index contributed by atoms with van der Waals surface area (Å²) < 4.78 is 14.1. The first-order valence-electron chi connectivity index (χ1n) is 10.4. The average molecular weight is 424 g/mol. The SMILES string of the molecule is CCCCC1CCC(c2ccc(C#Cc3cc(F)c(SC#N)c(P)c3)cc2)CC1. The van der Waals surface area contributed by atoms with E-state index in [1.54, 1.807) is 6.07 Å². The summed E-state index contributed by atoms with van der Waals surface area (Å²) in [5.41, 5.74) is 2.97. The molecule has 1 unspecified atom stereocenters. The molecule has 1 fully saturated rings. The Kier molecular flexibility index (Phi) is 8.18. The normalized spacial score (nSPS) is 18.6. The van der Waals surface area contributed by atoms with E-state index >= 15 is 0 Å². The summed E-state index contributed by atoms with van der Waals surface area (Å²) in [5.74, 6) is 7.37. The van der Waals surface area contributed by atoms with E-state index in [0.717, 1.165) is 23.2 Å². The van der Waals surface area contributed by atoms with Crippen LogP contribution >= 0.6 is 21.0 Å². The molecule has 4 heteroatoms. The van der Waals surface area contributed by atoms with E-state index in [4.69, 9.17) is 5.26 Å². The highest BCUT2D eigenvalue weighted by Crippen LogP contribution is 2.37. The molecular weight excluding hydrogens is 396 g/mol. The maximum absolute atomic E-state index is 14.1. The van der Waals surface area contributed by atoms with E-state index in [2.05, 4.69) is 52.3 Å². The van der Waals surface area contributed by atoms with Crippen molar-refractivity contribution in [2.24, 2.45) is 5.92 Å². The standard InChI is InChI=1S/C25H27FNPS/c1-2-3-4-18-7-11-21(12-8-18)22-13-9-19(10-14-22)5-6-20-15-23(26)25(29-17-27)24(28)16-20/h9-10,13-16,18,21H,2-4,7-8,11-12,28H2,1H3. The van der Waals surface area contributed by atoms with Gasteiger partial charge < -0.3 is 0 Å². The molecule has 2 aromatic rings. The molecule has 0 spiro atoms. The number of nitriles is 1. The van der Waals surface area contributed by atoms with Crippen LogP contribution in [0.15, 0.2) is 41.3 Å². The lowest BCUT2D eigenvalue weighted by Crippen LogP contribution is -2.13. The van der Waals surface area contributed by atoms with E-state index in [-0.39, 0.29) is 0 Å². The minimum atomic E-state index is -0.404. The highest BCUT2D eigenvalue weighted by molar-refractivity contribution is 8.04. The quantitative estimate of drug-likeness (QED) is 0.229. The Morgan fingerprint density at radius 2 is 1.76 bits per heavy atom. The Bertz CT molecular complexity index is 905. The van der Waals surface area contributed by atoms with Gasteiger partial charge in [-0.05, 0) is 84.4 Å². The third-order valence-corrected chi connectivity index (χ3v) is 7.16. The molecule has 0 aliphatic heterocycles. The van der Waals surface area contributed by atoms with Crippen LogP contribution in [0, 0.1) is 34.2 Å². The van der Waals surface area contributed by atoms with Gasteiger partial charge in [-0.15, -0.1) is 9.24 Å². The Morgan fingerprint density at radius 3 is 2.38 bits per heavy atom. The van der Waals surface area contributed by atoms with Crippen molar-refractivity contribution in [3.63, 3.8) is 0 Å². The molecule has 0 radical (unpaired) electrons. The lowest BCUT2D eigenvalue weighted by molar-refractivity contribution is 0.304. The minimum Gasteiger partial charge on any atom is -0.206 e. The zero-order valence-electron chi connectivity index (χ0n) is 16.9. The number of rotatable bonds is 5. The molecule has 0 amide bonds. The largest absolute Gasteiger partial charge is 0.206 e. The predicted octanol–water partition coefficient (Wildman–Crippen LogP) is 6.76. The van der Waals surface area contributed by atoms with Crippen molar-refractivity contribution in [3.05, 3.63) is 58.9 Å². The zero-order valence-corrected chi connectivity index (χ0v) is 18.9. The number of hydrogen-bond acceptors (Lipinski definition) is 2. The third-order valence-electron chi connectivity index (χ3n) is 5.77. The Hall–Kier alpha value is -1.80. The Labute approximate surface area is 180 Å². The van der Waals surface area contributed by atoms with Crippen LogP contribution in [0.2, 0.25) is 0 Å². The van der Waals surface area contributed by atoms with Crippen molar-refractivity contribution in [2.45, 2.75) is 62.7 Å². The van der Waals surface area contributed by atoms with Crippen LogP contribution in [0.25, 0.3) is 0 Å². The molecule has 150 valence electrons. The molecule has 2 aromatic carbocycles. The van der Waals surface area contributed by atoms with Gasteiger partial charge >= 0.3 is 0 Å². The van der Waals surface area contributed by atoms with Gasteiger partial charge in [0.1, 0.15) is 11.2 Å². The summed E-state index contributed by atoms with van der Waals surface area (Å²) in [6.07, 6.45) is 9.36. The molecule has 1 atom stereocenters. The van der Waals surface area contributed by atoms with Crippen LogP contribution in [0.3, 0.4) is 0 Å². The average Bonchev–Trinajstić information content (AvgIpc) is 2.74. The van der Waals surface area contributed by atoms with Crippen molar-refractivity contribution in [1.29, 1.82) is 5.26 Å². The smallest absolute Gasteiger partial charge is 0.139 e. The van der Waals surface area contributed by atoms with Gasteiger partial charge in [-0.25, -0.2) is 4.39 Å². The number of hydrogen-bond donors (Lipinski definition) is 0. The molecule has 3 rings (SSSR count). The molecular formula is C25H27FNPS. The molecule has 0 saturated heterocycles. The fraction of sp³-hybridized carbons (Fsp3) is 0.400. The van der Waals surface area contributed by atoms with Gasteiger partial charge in [0.05, 0.1) is 4.90 Å². The molecule has 1 aliphatic rings. The summed E-state index contributed by atoms with van der Waals surface area (Å²) in [7, 11) is 2.48. The minimum absolute atomic E-state index is 0.344. The third kappa shape index (κ3) is 6.09. The van der Waals surface area contributed by atoms with Crippen molar-refractivity contribution in [2.75, 3.05) is 0 Å². The summed E-state index contributed by atoms with van der Waals surface area (Å²) in [4.78, 5) is 0.344. The molecule has 0 bridgehead atoms. The fourth-order valence-corrected chi connectivity index (χ4v) is 5.02. The molecule has 1 saturated carbocycles. The molecule has 1 nitrogen and oxygen atoms in total. The molecule has 0 N–H and O–H groups in total. The number of benzene rings is 2. The van der Waals surface area contributed by atoms with Crippen LogP contribution in [-0.4, -0.2) is 0 Å². The molecule has 0 heterocycles. The number of thioether (sulfide) groups is 1. The molecule has 1 aliphatic carbocycles. The van der Waals surface area contributed by atoms with Gasteiger partial charge in [-0.3, -0.25) is 0 Å². The van der Waals surface area contributed by atoms with Crippen LogP contribution in [0.5, 0.6) is 0 Å². The second kappa shape index (κ2) is 10.8. The predicted molar refractivity (Wildman–Crippen MR) is 124 cm³/mol. The van der Waals surface area contributed by atoms with Gasteiger partial charge in [0.25, 0.3) is 0 Å². The first-order valence-corrected chi connectivity index (χ1v) is 11.8. The first-order chi connectivity index (χ1) is 14.1. The number of nitrogens with zero attached hydrogens (tertiary/aromatic N) is 1. The van der Waals surface area contributed by atoms with Gasteiger partial charge in [0.2, 0.25) is 0 Å². The number of halogens is 1. The second-order valence-electron chi connectivity index (χ2n) is 7.80. The zero-order chi connectivity index (χ0) is 20.6. The second-order valence-corrected chi connectivity index (χ2v) is 9.22. The highest BCUT2D eigenvalue weighted by atomic mass is 32.2. The fourth-order valence-electron chi connectivity index (χ4n) is 4.10. The summed E-state index contributed by atoms with van der Waals surface area (Å²) >= 11 is 0.832. The summed E-state index contributed by atoms with van der Waals surface area (Å²) in [6.45, 7) is 2.27. The van der Waals surface area contributed by atoms with E-state index < -0.39 is 5.82 Å². The number of unbranched alkanes of at least 4 members (excludes halogenated alkanes) is 1. The van der Waals surface area contributed by atoms with Gasteiger partial charge in [0.15, 0.2) is 0 Å². The first kappa shape index (κ1) is 21.9. The molecule has 0 aromatic heterocycles. The van der Waals surface area contributed by atoms with Crippen LogP contribution < -0.4 is 5.30 Å². The lowest BCUT2D eigenvalue weighted by atomic mass is 9.77. The van der Waals surface area contributed by atoms with Crippen LogP contribution in [0.4, 0.5) is 4.39 Å². The Morgan fingerprint density at radius 1 is 1.07 bits per heavy atom. The van der Waals surface area contributed by atoms with Crippen molar-refractivity contribution in [3.8, 4) is 17.2 Å². The highest BCUT2D eigenvalue weighted by Gasteiger charge is 2.21. The van der Waals surface area contributed by atoms with Crippen LogP contribution in [-0.2, 0) is 0 Å². The lowest BCUT2D eigenvalue weighted by Gasteiger charge is -2.28. The summed E-state index contributed by atoms with van der Waals surface area (Å²) in [6, 6.07) is 11.7. The maximum atomic E-state index is 14.1. The summed E-state index contributed by atoms with van der Waals surface area (Å²) in [5, 5.41) is 11.3. The Balaban J connectivity index is 1.63. The van der Waals surface area contributed by atoms with E-state index in [0.29, 0.717) is 21.7 Å². The topological polar surface area (TPSA) is 23.8 Å². The van der Waals surface area contributed by atoms with E-state index in [1.807, 2.05) is 5.40 Å². The van der Waals surface area contributed by atoms with E-state index in [1.165, 1.54) is 56.6 Å². The van der Waals surface area contributed by atoms with Crippen molar-refractivity contribution in [1.82, 2.24) is 0 Å². The van der Waals surface area contributed by atoms with Gasteiger partial charge in [-0.2, -0.15) is 5.26 Å². The van der Waals surface area contributed by atoms with Gasteiger partial charge in [0, 0.05) is 11.1 Å². The van der Waals surface area contributed by atoms with Crippen molar-refractivity contribution < 1.29 is 4.39 Å². The van der Waals surface area contributed by atoms with Crippen LogP contribution in [0.1, 0.15) is 74.5 Å². The maximum Gasteiger partial charge on any atom is 0.139 e. The van der Waals surface area contributed by atoms with E-state index in [9.17, 15) is 4.39 Å². The van der Waals surface area contributed by atoms with Crippen molar-refractivity contribution >= 4 is 26.3 Å². The molecule has 29 heavy (non-hydrogen) atoms. The van der Waals surface area contributed by atoms with Gasteiger partial charge in [-0.1, -0.05) is 50.2 Å². The number of thiocyanates is 1. The monoisotopic (exact) mass is 423 g/mol.